The van der Waals surface area contributed by atoms with Gasteiger partial charge in [0.25, 0.3) is 11.3 Å². The van der Waals surface area contributed by atoms with Gasteiger partial charge in [0.1, 0.15) is 6.33 Å². The van der Waals surface area contributed by atoms with Crippen LogP contribution in [0.25, 0.3) is 5.78 Å². The Hall–Kier alpha value is -3.00. The van der Waals surface area contributed by atoms with Crippen molar-refractivity contribution in [2.45, 2.75) is 38.6 Å². The molecule has 1 aliphatic rings. The number of hydrogen-bond donors (Lipinski definition) is 2. The summed E-state index contributed by atoms with van der Waals surface area (Å²) in [7, 11) is 0. The van der Waals surface area contributed by atoms with E-state index < -0.39 is 0 Å². The van der Waals surface area contributed by atoms with E-state index in [2.05, 4.69) is 27.2 Å². The number of nitrogens with one attached hydrogen (secondary N) is 1. The first-order chi connectivity index (χ1) is 13.6. The molecule has 1 atom stereocenters. The van der Waals surface area contributed by atoms with E-state index in [-0.39, 0.29) is 42.9 Å². The molecular formula is C20H23N5O3. The van der Waals surface area contributed by atoms with Gasteiger partial charge in [-0.1, -0.05) is 24.3 Å². The molecule has 28 heavy (non-hydrogen) atoms. The summed E-state index contributed by atoms with van der Waals surface area (Å²) >= 11 is 0. The number of aliphatic hydroxyl groups excluding tert-OH is 1. The minimum Gasteiger partial charge on any atom is -0.395 e. The number of amides is 1. The number of rotatable bonds is 5. The maximum atomic E-state index is 13.2. The van der Waals surface area contributed by atoms with E-state index >= 15 is 0 Å². The number of aryl methyl sites for hydroxylation is 2. The van der Waals surface area contributed by atoms with Crippen molar-refractivity contribution in [1.29, 1.82) is 0 Å². The molecule has 3 aromatic rings. The Labute approximate surface area is 161 Å². The Morgan fingerprint density at radius 1 is 1.39 bits per heavy atom. The number of aliphatic hydroxyl groups is 1. The van der Waals surface area contributed by atoms with E-state index in [1.54, 1.807) is 11.8 Å². The van der Waals surface area contributed by atoms with Crippen molar-refractivity contribution in [3.8, 4) is 0 Å². The number of benzene rings is 1. The number of carbonyl (C=O) groups excluding carboxylic acids is 1. The monoisotopic (exact) mass is 381 g/mol. The third-order valence-electron chi connectivity index (χ3n) is 5.44. The summed E-state index contributed by atoms with van der Waals surface area (Å²) in [6, 6.07) is 8.04. The second kappa shape index (κ2) is 7.55. The van der Waals surface area contributed by atoms with E-state index in [0.29, 0.717) is 11.3 Å². The number of nitrogens with zero attached hydrogens (tertiary/aromatic N) is 4. The lowest BCUT2D eigenvalue weighted by molar-refractivity contribution is -0.134. The van der Waals surface area contributed by atoms with Gasteiger partial charge in [0.15, 0.2) is 0 Å². The number of fused-ring (bicyclic) bond motifs is 2. The van der Waals surface area contributed by atoms with Gasteiger partial charge >= 0.3 is 0 Å². The smallest absolute Gasteiger partial charge is 0.277 e. The van der Waals surface area contributed by atoms with Crippen molar-refractivity contribution >= 4 is 11.7 Å². The quantitative estimate of drug-likeness (QED) is 0.690. The molecule has 1 aliphatic carbocycles. The molecule has 0 bridgehead atoms. The predicted molar refractivity (Wildman–Crippen MR) is 103 cm³/mol. The summed E-state index contributed by atoms with van der Waals surface area (Å²) in [5, 5.41) is 12.3. The lowest BCUT2D eigenvalue weighted by Gasteiger charge is -2.35. The van der Waals surface area contributed by atoms with Gasteiger partial charge in [0.05, 0.1) is 30.3 Å². The maximum Gasteiger partial charge on any atom is 0.277 e. The molecule has 0 saturated heterocycles. The summed E-state index contributed by atoms with van der Waals surface area (Å²) in [5.41, 5.74) is 2.90. The Kier molecular flexibility index (Phi) is 4.95. The van der Waals surface area contributed by atoms with E-state index in [0.717, 1.165) is 24.8 Å². The summed E-state index contributed by atoms with van der Waals surface area (Å²) in [5.74, 6) is 0.101. The molecule has 8 nitrogen and oxygen atoms in total. The topological polar surface area (TPSA) is 104 Å². The molecule has 1 amide bonds. The highest BCUT2D eigenvalue weighted by Gasteiger charge is 2.29. The summed E-state index contributed by atoms with van der Waals surface area (Å²) in [4.78, 5) is 35.9. The van der Waals surface area contributed by atoms with Crippen LogP contribution in [0, 0.1) is 6.92 Å². The van der Waals surface area contributed by atoms with Crippen LogP contribution < -0.4 is 5.56 Å². The molecule has 0 radical (unpaired) electrons. The molecule has 0 aliphatic heterocycles. The first-order valence-electron chi connectivity index (χ1n) is 9.50. The summed E-state index contributed by atoms with van der Waals surface area (Å²) in [6.07, 6.45) is 4.16. The first-order valence-corrected chi connectivity index (χ1v) is 9.50. The number of hydrogen-bond acceptors (Lipinski definition) is 5. The van der Waals surface area contributed by atoms with Crippen LogP contribution >= 0.6 is 0 Å². The molecular weight excluding hydrogens is 358 g/mol. The van der Waals surface area contributed by atoms with Gasteiger partial charge in [-0.2, -0.15) is 4.52 Å². The van der Waals surface area contributed by atoms with Crippen molar-refractivity contribution in [1.82, 2.24) is 24.5 Å². The molecule has 146 valence electrons. The Morgan fingerprint density at radius 3 is 3.04 bits per heavy atom. The zero-order chi connectivity index (χ0) is 19.7. The molecule has 1 aromatic carbocycles. The number of aromatic amines is 1. The second-order valence-electron chi connectivity index (χ2n) is 7.10. The van der Waals surface area contributed by atoms with E-state index in [1.807, 2.05) is 12.1 Å². The molecule has 0 saturated carbocycles. The van der Waals surface area contributed by atoms with Crippen LogP contribution in [-0.2, 0) is 17.6 Å². The van der Waals surface area contributed by atoms with Crippen molar-refractivity contribution in [3.05, 3.63) is 63.3 Å². The fourth-order valence-corrected chi connectivity index (χ4v) is 4.07. The fourth-order valence-electron chi connectivity index (χ4n) is 4.07. The van der Waals surface area contributed by atoms with Gasteiger partial charge < -0.3 is 10.0 Å². The van der Waals surface area contributed by atoms with Gasteiger partial charge in [-0.15, -0.1) is 0 Å². The molecule has 8 heteroatoms. The lowest BCUT2D eigenvalue weighted by atomic mass is 9.86. The SMILES string of the molecule is Cc1nc2nc[nH]n2c(=O)c1CC(=O)N(CCO)[C@@H]1CCCc2ccccc21. The molecule has 2 heterocycles. The van der Waals surface area contributed by atoms with Crippen molar-refractivity contribution in [2.24, 2.45) is 0 Å². The fraction of sp³-hybridized carbons (Fsp3) is 0.400. The van der Waals surface area contributed by atoms with Crippen molar-refractivity contribution in [2.75, 3.05) is 13.2 Å². The van der Waals surface area contributed by atoms with Crippen LogP contribution in [-0.4, -0.2) is 48.6 Å². The van der Waals surface area contributed by atoms with E-state index in [4.69, 9.17) is 0 Å². The van der Waals surface area contributed by atoms with Gasteiger partial charge in [-0.25, -0.2) is 9.97 Å². The van der Waals surface area contributed by atoms with Gasteiger partial charge in [0, 0.05) is 6.54 Å². The van der Waals surface area contributed by atoms with E-state index in [9.17, 15) is 14.7 Å². The maximum absolute atomic E-state index is 13.2. The van der Waals surface area contributed by atoms with Crippen LogP contribution in [0.4, 0.5) is 0 Å². The zero-order valence-corrected chi connectivity index (χ0v) is 15.8. The Bertz CT molecular complexity index is 1070. The van der Waals surface area contributed by atoms with E-state index in [1.165, 1.54) is 16.4 Å². The van der Waals surface area contributed by atoms with Crippen LogP contribution in [0.1, 0.15) is 41.3 Å². The Balaban J connectivity index is 1.67. The lowest BCUT2D eigenvalue weighted by Crippen LogP contribution is -2.40. The van der Waals surface area contributed by atoms with Gasteiger partial charge in [-0.3, -0.25) is 14.7 Å². The Morgan fingerprint density at radius 2 is 2.21 bits per heavy atom. The summed E-state index contributed by atoms with van der Waals surface area (Å²) < 4.78 is 1.24. The van der Waals surface area contributed by atoms with Crippen LogP contribution in [0.5, 0.6) is 0 Å². The van der Waals surface area contributed by atoms with Crippen molar-refractivity contribution < 1.29 is 9.90 Å². The summed E-state index contributed by atoms with van der Waals surface area (Å²) in [6.45, 7) is 1.82. The number of carbonyl (C=O) groups is 1. The van der Waals surface area contributed by atoms with Gasteiger partial charge in [0.2, 0.25) is 5.91 Å². The average molecular weight is 381 g/mol. The normalized spacial score (nSPS) is 16.1. The highest BCUT2D eigenvalue weighted by molar-refractivity contribution is 5.79. The van der Waals surface area contributed by atoms with Crippen LogP contribution in [0.2, 0.25) is 0 Å². The first kappa shape index (κ1) is 18.4. The molecule has 2 aromatic heterocycles. The minimum atomic E-state index is -0.318. The van der Waals surface area contributed by atoms with Crippen LogP contribution in [0.3, 0.4) is 0 Å². The average Bonchev–Trinajstić information content (AvgIpc) is 3.17. The number of H-pyrrole nitrogens is 1. The molecule has 0 spiro atoms. The minimum absolute atomic E-state index is 0.0572. The standard InChI is InChI=1S/C20H23N5O3/c1-13-16(19(28)25-20(23-13)21-12-22-25)11-18(27)24(9-10-26)17-8-4-6-14-5-2-3-7-15(14)17/h2-3,5,7,12,17,26H,4,6,8-11H2,1H3,(H,21,22,23)/t17-/m1/s1. The largest absolute Gasteiger partial charge is 0.395 e. The van der Waals surface area contributed by atoms with Gasteiger partial charge in [-0.05, 0) is 37.3 Å². The molecule has 0 unspecified atom stereocenters. The highest BCUT2D eigenvalue weighted by Crippen LogP contribution is 2.34. The zero-order valence-electron chi connectivity index (χ0n) is 15.8. The molecule has 0 fully saturated rings. The van der Waals surface area contributed by atoms with Crippen LogP contribution in [0.15, 0.2) is 35.4 Å². The number of aromatic nitrogens is 4. The van der Waals surface area contributed by atoms with Crippen molar-refractivity contribution in [3.63, 3.8) is 0 Å². The molecule has 4 rings (SSSR count). The molecule has 2 N–H and O–H groups in total. The third-order valence-corrected chi connectivity index (χ3v) is 5.44. The predicted octanol–water partition coefficient (Wildman–Crippen LogP) is 1.17. The second-order valence-corrected chi connectivity index (χ2v) is 7.10. The third kappa shape index (κ3) is 3.20. The highest BCUT2D eigenvalue weighted by atomic mass is 16.3.